The number of amides is 1. The minimum atomic E-state index is -1.86. The first-order valence-electron chi connectivity index (χ1n) is 7.96. The molecule has 0 radical (unpaired) electrons. The van der Waals surface area contributed by atoms with Gasteiger partial charge in [-0.2, -0.15) is 0 Å². The summed E-state index contributed by atoms with van der Waals surface area (Å²) in [6, 6.07) is 0. The fraction of sp³-hybridized carbons (Fsp3) is 0.933. The van der Waals surface area contributed by atoms with Gasteiger partial charge in [-0.1, -0.05) is 20.8 Å². The van der Waals surface area contributed by atoms with Crippen molar-refractivity contribution in [3.05, 3.63) is 0 Å². The number of carbonyl (C=O) groups excluding carboxylic acids is 1. The highest BCUT2D eigenvalue weighted by molar-refractivity contribution is 6.74. The predicted molar refractivity (Wildman–Crippen MR) is 89.0 cm³/mol. The first kappa shape index (κ1) is 19.4. The van der Waals surface area contributed by atoms with Crippen molar-refractivity contribution >= 4 is 14.4 Å². The van der Waals surface area contributed by atoms with E-state index in [2.05, 4.69) is 33.9 Å². The zero-order valence-corrected chi connectivity index (χ0v) is 15.8. The Kier molecular flexibility index (Phi) is 6.05. The van der Waals surface area contributed by atoms with Gasteiger partial charge in [-0.15, -0.1) is 0 Å². The van der Waals surface area contributed by atoms with E-state index in [9.17, 15) is 9.90 Å². The number of aliphatic hydroxyl groups is 1. The Labute approximate surface area is 135 Å². The van der Waals surface area contributed by atoms with Crippen LogP contribution in [0.3, 0.4) is 0 Å². The molecule has 0 aromatic rings. The Balaban J connectivity index is 2.64. The van der Waals surface area contributed by atoms with Crippen molar-refractivity contribution in [2.45, 2.75) is 70.6 Å². The molecule has 0 spiro atoms. The lowest BCUT2D eigenvalue weighted by atomic mass is 10.1. The summed E-state index contributed by atoms with van der Waals surface area (Å²) in [5.74, 6) is -1.62. The second-order valence-electron chi connectivity index (χ2n) is 7.84. The molecule has 0 saturated carbocycles. The number of piperidine rings is 1. The number of hydrogen-bond donors (Lipinski definition) is 2. The van der Waals surface area contributed by atoms with E-state index in [0.717, 1.165) is 12.8 Å². The molecule has 22 heavy (non-hydrogen) atoms. The molecule has 1 fully saturated rings. The van der Waals surface area contributed by atoms with Crippen molar-refractivity contribution in [2.75, 3.05) is 19.6 Å². The van der Waals surface area contributed by atoms with Crippen LogP contribution in [-0.4, -0.2) is 55.9 Å². The van der Waals surface area contributed by atoms with Crippen LogP contribution < -0.4 is 5.73 Å². The molecule has 7 heteroatoms. The third kappa shape index (κ3) is 5.22. The maximum atomic E-state index is 12.1. The Hall–Kier alpha value is -0.633. The van der Waals surface area contributed by atoms with E-state index in [0.29, 0.717) is 13.1 Å². The Morgan fingerprint density at radius 2 is 1.95 bits per heavy atom. The highest BCUT2D eigenvalue weighted by atomic mass is 28.4. The van der Waals surface area contributed by atoms with Crippen LogP contribution in [0.2, 0.25) is 18.1 Å². The van der Waals surface area contributed by atoms with E-state index in [4.69, 9.17) is 14.9 Å². The maximum absolute atomic E-state index is 12.1. The van der Waals surface area contributed by atoms with Gasteiger partial charge in [-0.05, 0) is 31.0 Å². The monoisotopic (exact) mass is 332 g/mol. The molecule has 1 heterocycles. The number of nitrogens with zero attached hydrogens (tertiary/aromatic N) is 1. The second-order valence-corrected chi connectivity index (χ2v) is 12.6. The van der Waals surface area contributed by atoms with Crippen LogP contribution in [0.5, 0.6) is 0 Å². The summed E-state index contributed by atoms with van der Waals surface area (Å²) >= 11 is 0. The number of hydrogen-bond acceptors (Lipinski definition) is 5. The summed E-state index contributed by atoms with van der Waals surface area (Å²) in [4.78, 5) is 13.7. The fourth-order valence-electron chi connectivity index (χ4n) is 2.09. The Morgan fingerprint density at radius 1 is 1.36 bits per heavy atom. The largest absolute Gasteiger partial charge is 0.416 e. The summed E-state index contributed by atoms with van der Waals surface area (Å²) in [6.07, 6.45) is 1.33. The minimum Gasteiger partial charge on any atom is -0.416 e. The molecule has 0 bridgehead atoms. The van der Waals surface area contributed by atoms with Crippen molar-refractivity contribution < 1.29 is 19.1 Å². The molecule has 3 N–H and O–H groups in total. The average molecular weight is 333 g/mol. The molecule has 1 unspecified atom stereocenters. The van der Waals surface area contributed by atoms with Crippen LogP contribution in [-0.2, 0) is 9.16 Å². The Bertz CT molecular complexity index is 393. The SMILES string of the molecule is CC(C)(C)[Si](C)(C)OC1CCCN(C(=O)O[C@@](C)(O)CN)C1. The minimum absolute atomic E-state index is 0.0324. The number of rotatable bonds is 4. The lowest BCUT2D eigenvalue weighted by Crippen LogP contribution is -2.52. The highest BCUT2D eigenvalue weighted by Gasteiger charge is 2.40. The van der Waals surface area contributed by atoms with Crippen LogP contribution >= 0.6 is 0 Å². The van der Waals surface area contributed by atoms with Crippen LogP contribution in [0.25, 0.3) is 0 Å². The first-order chi connectivity index (χ1) is 9.88. The van der Waals surface area contributed by atoms with Crippen LogP contribution in [0, 0.1) is 0 Å². The summed E-state index contributed by atoms with van der Waals surface area (Å²) in [5, 5.41) is 9.90. The maximum Gasteiger partial charge on any atom is 0.412 e. The third-order valence-corrected chi connectivity index (χ3v) is 9.12. The van der Waals surface area contributed by atoms with Crippen molar-refractivity contribution in [3.63, 3.8) is 0 Å². The van der Waals surface area contributed by atoms with Crippen molar-refractivity contribution in [1.29, 1.82) is 0 Å². The van der Waals surface area contributed by atoms with Gasteiger partial charge in [0.05, 0.1) is 12.6 Å². The second kappa shape index (κ2) is 6.86. The molecular weight excluding hydrogens is 300 g/mol. The quantitative estimate of drug-likeness (QED) is 0.609. The van der Waals surface area contributed by atoms with E-state index < -0.39 is 20.2 Å². The first-order valence-corrected chi connectivity index (χ1v) is 10.9. The van der Waals surface area contributed by atoms with Crippen molar-refractivity contribution in [2.24, 2.45) is 5.73 Å². The van der Waals surface area contributed by atoms with Gasteiger partial charge in [0.25, 0.3) is 0 Å². The lowest BCUT2D eigenvalue weighted by Gasteiger charge is -2.42. The van der Waals surface area contributed by atoms with E-state index in [1.165, 1.54) is 6.92 Å². The highest BCUT2D eigenvalue weighted by Crippen LogP contribution is 2.38. The van der Waals surface area contributed by atoms with Gasteiger partial charge in [-0.25, -0.2) is 4.79 Å². The van der Waals surface area contributed by atoms with E-state index >= 15 is 0 Å². The molecule has 0 aromatic heterocycles. The van der Waals surface area contributed by atoms with Crippen molar-refractivity contribution in [1.82, 2.24) is 4.90 Å². The van der Waals surface area contributed by atoms with Gasteiger partial charge in [0.1, 0.15) is 0 Å². The van der Waals surface area contributed by atoms with Gasteiger partial charge in [0.15, 0.2) is 8.32 Å². The molecule has 0 aliphatic carbocycles. The van der Waals surface area contributed by atoms with Gasteiger partial charge in [0.2, 0.25) is 5.79 Å². The smallest absolute Gasteiger partial charge is 0.412 e. The average Bonchev–Trinajstić information content (AvgIpc) is 2.36. The molecule has 0 aromatic carbocycles. The van der Waals surface area contributed by atoms with Gasteiger partial charge in [-0.3, -0.25) is 0 Å². The summed E-state index contributed by atoms with van der Waals surface area (Å²) < 4.78 is 11.4. The molecule has 1 aliphatic rings. The topological polar surface area (TPSA) is 85.0 Å². The lowest BCUT2D eigenvalue weighted by molar-refractivity contribution is -0.148. The molecular formula is C15H32N2O4Si. The van der Waals surface area contributed by atoms with Crippen molar-refractivity contribution in [3.8, 4) is 0 Å². The molecule has 2 atom stereocenters. The number of ether oxygens (including phenoxy) is 1. The number of nitrogens with two attached hydrogens (primary N) is 1. The van der Waals surface area contributed by atoms with Crippen LogP contribution in [0.15, 0.2) is 0 Å². The molecule has 1 saturated heterocycles. The van der Waals surface area contributed by atoms with Crippen LogP contribution in [0.4, 0.5) is 4.79 Å². The van der Waals surface area contributed by atoms with Gasteiger partial charge < -0.3 is 24.9 Å². The normalized spacial score (nSPS) is 23.1. The number of likely N-dealkylation sites (tertiary alicyclic amines) is 1. The molecule has 1 amide bonds. The van der Waals surface area contributed by atoms with E-state index in [1.807, 2.05) is 0 Å². The zero-order chi connectivity index (χ0) is 17.2. The fourth-order valence-corrected chi connectivity index (χ4v) is 3.47. The summed E-state index contributed by atoms with van der Waals surface area (Å²) in [5.41, 5.74) is 5.38. The zero-order valence-electron chi connectivity index (χ0n) is 14.8. The van der Waals surface area contributed by atoms with Gasteiger partial charge >= 0.3 is 6.09 Å². The third-order valence-electron chi connectivity index (χ3n) is 4.59. The summed E-state index contributed by atoms with van der Waals surface area (Å²) in [7, 11) is -1.86. The van der Waals surface area contributed by atoms with Gasteiger partial charge in [0, 0.05) is 20.0 Å². The summed E-state index contributed by atoms with van der Waals surface area (Å²) in [6.45, 7) is 13.4. The van der Waals surface area contributed by atoms with E-state index in [1.54, 1.807) is 4.90 Å². The number of carbonyl (C=O) groups is 1. The molecule has 130 valence electrons. The molecule has 1 aliphatic heterocycles. The van der Waals surface area contributed by atoms with Crippen LogP contribution in [0.1, 0.15) is 40.5 Å². The molecule has 1 rings (SSSR count). The molecule has 6 nitrogen and oxygen atoms in total. The predicted octanol–water partition coefficient (Wildman–Crippen LogP) is 2.28. The standard InChI is InChI=1S/C15H32N2O4Si/c1-14(2,3)22(5,6)21-12-8-7-9-17(10-12)13(18)20-15(4,19)11-16/h12,19H,7-11,16H2,1-6H3/t12?,15-/m1/s1. The Morgan fingerprint density at radius 3 is 2.45 bits per heavy atom. The van der Waals surface area contributed by atoms with E-state index in [-0.39, 0.29) is 17.7 Å².